The van der Waals surface area contributed by atoms with E-state index >= 15 is 0 Å². The van der Waals surface area contributed by atoms with E-state index in [4.69, 9.17) is 5.73 Å². The van der Waals surface area contributed by atoms with Gasteiger partial charge in [0.2, 0.25) is 0 Å². The van der Waals surface area contributed by atoms with Gasteiger partial charge in [0.1, 0.15) is 5.82 Å². The molecule has 0 spiro atoms. The Kier molecular flexibility index (Phi) is 6.45. The van der Waals surface area contributed by atoms with E-state index in [0.717, 1.165) is 5.56 Å². The Bertz CT molecular complexity index is 443. The second-order valence-electron chi connectivity index (χ2n) is 5.54. The highest BCUT2D eigenvalue weighted by atomic mass is 19.1. The van der Waals surface area contributed by atoms with Gasteiger partial charge in [-0.3, -0.25) is 4.99 Å². The number of rotatable bonds is 6. The first-order valence-corrected chi connectivity index (χ1v) is 6.85. The van der Waals surface area contributed by atoms with Gasteiger partial charge in [0.15, 0.2) is 5.96 Å². The van der Waals surface area contributed by atoms with E-state index < -0.39 is 0 Å². The lowest BCUT2D eigenvalue weighted by molar-refractivity contribution is 0.298. The highest BCUT2D eigenvalue weighted by molar-refractivity contribution is 5.77. The van der Waals surface area contributed by atoms with E-state index in [1.54, 1.807) is 12.1 Å². The molecular formula is C15H25FN4. The Morgan fingerprint density at radius 3 is 2.65 bits per heavy atom. The van der Waals surface area contributed by atoms with Crippen LogP contribution in [0.15, 0.2) is 29.3 Å². The number of hydrogen-bond acceptors (Lipinski definition) is 2. The van der Waals surface area contributed by atoms with Gasteiger partial charge >= 0.3 is 0 Å². The Labute approximate surface area is 120 Å². The molecule has 5 heteroatoms. The zero-order valence-corrected chi connectivity index (χ0v) is 12.7. The number of nitrogens with two attached hydrogens (primary N) is 1. The van der Waals surface area contributed by atoms with Crippen LogP contribution in [-0.2, 0) is 0 Å². The summed E-state index contributed by atoms with van der Waals surface area (Å²) in [5.41, 5.74) is 6.74. The molecule has 0 radical (unpaired) electrons. The highest BCUT2D eigenvalue weighted by Crippen LogP contribution is 2.18. The first kappa shape index (κ1) is 16.4. The van der Waals surface area contributed by atoms with Crippen LogP contribution in [0.25, 0.3) is 0 Å². The van der Waals surface area contributed by atoms with Crippen LogP contribution in [0, 0.1) is 11.7 Å². The normalized spacial score (nSPS) is 13.8. The summed E-state index contributed by atoms with van der Waals surface area (Å²) >= 11 is 0. The van der Waals surface area contributed by atoms with Gasteiger partial charge in [0, 0.05) is 13.1 Å². The van der Waals surface area contributed by atoms with E-state index in [2.05, 4.69) is 24.2 Å². The summed E-state index contributed by atoms with van der Waals surface area (Å²) in [7, 11) is 3.91. The highest BCUT2D eigenvalue weighted by Gasteiger charge is 2.14. The number of aliphatic imine (C=N–C) groups is 1. The fourth-order valence-corrected chi connectivity index (χ4v) is 1.85. The van der Waals surface area contributed by atoms with Crippen molar-refractivity contribution in [3.8, 4) is 0 Å². The fraction of sp³-hybridized carbons (Fsp3) is 0.533. The van der Waals surface area contributed by atoms with Crippen molar-refractivity contribution in [1.82, 2.24) is 10.2 Å². The van der Waals surface area contributed by atoms with Crippen molar-refractivity contribution in [3.05, 3.63) is 35.6 Å². The van der Waals surface area contributed by atoms with Crippen LogP contribution in [0.3, 0.4) is 0 Å². The Morgan fingerprint density at radius 1 is 1.40 bits per heavy atom. The van der Waals surface area contributed by atoms with Crippen molar-refractivity contribution in [1.29, 1.82) is 0 Å². The summed E-state index contributed by atoms with van der Waals surface area (Å²) in [6.07, 6.45) is 0. The van der Waals surface area contributed by atoms with Gasteiger partial charge in [-0.2, -0.15) is 0 Å². The molecule has 0 aliphatic carbocycles. The van der Waals surface area contributed by atoms with Crippen LogP contribution in [0.4, 0.5) is 4.39 Å². The van der Waals surface area contributed by atoms with Crippen LogP contribution in [-0.4, -0.2) is 38.0 Å². The smallest absolute Gasteiger partial charge is 0.188 e. The van der Waals surface area contributed by atoms with Gasteiger partial charge in [-0.25, -0.2) is 4.39 Å². The van der Waals surface area contributed by atoms with E-state index in [0.29, 0.717) is 25.0 Å². The van der Waals surface area contributed by atoms with Gasteiger partial charge < -0.3 is 16.0 Å². The van der Waals surface area contributed by atoms with Gasteiger partial charge in [-0.05, 0) is 37.7 Å². The molecule has 1 aromatic carbocycles. The van der Waals surface area contributed by atoms with Crippen molar-refractivity contribution < 1.29 is 4.39 Å². The maximum atomic E-state index is 13.3. The van der Waals surface area contributed by atoms with Crippen LogP contribution in [0.5, 0.6) is 0 Å². The third-order valence-electron chi connectivity index (χ3n) is 2.96. The van der Waals surface area contributed by atoms with E-state index in [1.807, 2.05) is 25.1 Å². The second-order valence-corrected chi connectivity index (χ2v) is 5.54. The largest absolute Gasteiger partial charge is 0.370 e. The molecule has 1 aromatic rings. The molecular weight excluding hydrogens is 255 g/mol. The topological polar surface area (TPSA) is 53.6 Å². The lowest BCUT2D eigenvalue weighted by Gasteiger charge is -2.25. The maximum Gasteiger partial charge on any atom is 0.188 e. The van der Waals surface area contributed by atoms with Crippen LogP contribution in [0.1, 0.15) is 25.5 Å². The molecule has 0 amide bonds. The third-order valence-corrected chi connectivity index (χ3v) is 2.96. The predicted octanol–water partition coefficient (Wildman–Crippen LogP) is 1.99. The summed E-state index contributed by atoms with van der Waals surface area (Å²) in [5.74, 6) is 0.681. The molecule has 0 heterocycles. The molecule has 0 saturated heterocycles. The van der Waals surface area contributed by atoms with E-state index in [1.165, 1.54) is 6.07 Å². The minimum Gasteiger partial charge on any atom is -0.370 e. The predicted molar refractivity (Wildman–Crippen MR) is 82.2 cm³/mol. The molecule has 3 N–H and O–H groups in total. The fourth-order valence-electron chi connectivity index (χ4n) is 1.85. The first-order chi connectivity index (χ1) is 9.40. The van der Waals surface area contributed by atoms with Crippen LogP contribution < -0.4 is 11.1 Å². The van der Waals surface area contributed by atoms with Gasteiger partial charge in [-0.15, -0.1) is 0 Å². The minimum absolute atomic E-state index is 0.0403. The average molecular weight is 280 g/mol. The third kappa shape index (κ3) is 5.57. The van der Waals surface area contributed by atoms with Gasteiger partial charge in [0.25, 0.3) is 0 Å². The summed E-state index contributed by atoms with van der Waals surface area (Å²) in [6, 6.07) is 6.67. The number of likely N-dealkylation sites (N-methyl/N-ethyl adjacent to an activating group) is 1. The molecule has 0 aliphatic rings. The number of nitrogens with one attached hydrogen (secondary N) is 1. The van der Waals surface area contributed by atoms with Crippen molar-refractivity contribution >= 4 is 5.96 Å². The molecule has 4 nitrogen and oxygen atoms in total. The Hall–Kier alpha value is -1.62. The Morgan fingerprint density at radius 2 is 2.10 bits per heavy atom. The number of nitrogens with zero attached hydrogens (tertiary/aromatic N) is 2. The first-order valence-electron chi connectivity index (χ1n) is 6.85. The van der Waals surface area contributed by atoms with Gasteiger partial charge in [-0.1, -0.05) is 26.0 Å². The van der Waals surface area contributed by atoms with Crippen molar-refractivity contribution in [3.63, 3.8) is 0 Å². The van der Waals surface area contributed by atoms with Crippen LogP contribution >= 0.6 is 0 Å². The van der Waals surface area contributed by atoms with E-state index in [9.17, 15) is 4.39 Å². The minimum atomic E-state index is -0.226. The molecule has 1 unspecified atom stereocenters. The summed E-state index contributed by atoms with van der Waals surface area (Å²) in [5, 5.41) is 3.10. The van der Waals surface area contributed by atoms with Crippen molar-refractivity contribution in [2.75, 3.05) is 27.2 Å². The average Bonchev–Trinajstić information content (AvgIpc) is 2.36. The zero-order chi connectivity index (χ0) is 15.1. The molecule has 0 bridgehead atoms. The molecule has 1 rings (SSSR count). The maximum absolute atomic E-state index is 13.3. The molecule has 0 aliphatic heterocycles. The molecule has 0 fully saturated rings. The lowest BCUT2D eigenvalue weighted by Crippen LogP contribution is -2.38. The molecule has 1 atom stereocenters. The quantitative estimate of drug-likeness (QED) is 0.619. The molecule has 20 heavy (non-hydrogen) atoms. The summed E-state index contributed by atoms with van der Waals surface area (Å²) < 4.78 is 13.3. The van der Waals surface area contributed by atoms with Gasteiger partial charge in [0.05, 0.1) is 6.04 Å². The molecule has 112 valence electrons. The van der Waals surface area contributed by atoms with E-state index in [-0.39, 0.29) is 11.9 Å². The molecule has 0 saturated carbocycles. The number of guanidine groups is 1. The number of hydrogen-bond donors (Lipinski definition) is 2. The molecule has 0 aromatic heterocycles. The monoisotopic (exact) mass is 280 g/mol. The van der Waals surface area contributed by atoms with Crippen LogP contribution in [0.2, 0.25) is 0 Å². The second kappa shape index (κ2) is 7.85. The number of benzene rings is 1. The summed E-state index contributed by atoms with van der Waals surface area (Å²) in [6.45, 7) is 5.47. The zero-order valence-electron chi connectivity index (χ0n) is 12.7. The number of halogens is 1. The van der Waals surface area contributed by atoms with Crippen molar-refractivity contribution in [2.24, 2.45) is 16.6 Å². The van der Waals surface area contributed by atoms with Crippen molar-refractivity contribution in [2.45, 2.75) is 19.9 Å². The summed E-state index contributed by atoms with van der Waals surface area (Å²) in [4.78, 5) is 6.28. The lowest BCUT2D eigenvalue weighted by atomic mass is 10.1. The Balaban J connectivity index is 2.67. The SMILES string of the molecule is CC(C)CN=C(N)NCC(c1cccc(F)c1)N(C)C. The standard InChI is InChI=1S/C15H25FN4/c1-11(2)9-18-15(17)19-10-14(20(3)4)12-6-5-7-13(16)8-12/h5-8,11,14H,9-10H2,1-4H3,(H3,17,18,19).